The van der Waals surface area contributed by atoms with Gasteiger partial charge in [-0.05, 0) is 62.2 Å². The Kier molecular flexibility index (Phi) is 5.69. The Balaban J connectivity index is 1.49. The first kappa shape index (κ1) is 19.9. The maximum Gasteiger partial charge on any atom is 0.337 e. The van der Waals surface area contributed by atoms with Gasteiger partial charge in [0, 0.05) is 23.5 Å². The molecule has 3 N–H and O–H groups in total. The molecular formula is C22H25N5O3. The first-order chi connectivity index (χ1) is 14.5. The van der Waals surface area contributed by atoms with Crippen molar-refractivity contribution in [1.29, 1.82) is 0 Å². The van der Waals surface area contributed by atoms with Crippen LogP contribution in [0.2, 0.25) is 0 Å². The number of hydrogen-bond acceptors (Lipinski definition) is 6. The van der Waals surface area contributed by atoms with E-state index in [4.69, 9.17) is 9.15 Å². The molecule has 1 aliphatic rings. The van der Waals surface area contributed by atoms with Gasteiger partial charge in [-0.15, -0.1) is 0 Å². The fourth-order valence-corrected chi connectivity index (χ4v) is 3.29. The fraction of sp³-hybridized carbons (Fsp3) is 0.273. The van der Waals surface area contributed by atoms with Crippen LogP contribution in [0.5, 0.6) is 0 Å². The van der Waals surface area contributed by atoms with Gasteiger partial charge in [-0.2, -0.15) is 0 Å². The number of anilines is 3. The van der Waals surface area contributed by atoms with Crippen molar-refractivity contribution in [2.45, 2.75) is 33.5 Å². The summed E-state index contributed by atoms with van der Waals surface area (Å²) in [5.41, 5.74) is 10.3. The van der Waals surface area contributed by atoms with Crippen molar-refractivity contribution in [3.05, 3.63) is 59.8 Å². The summed E-state index contributed by atoms with van der Waals surface area (Å²) in [4.78, 5) is 17.9. The summed E-state index contributed by atoms with van der Waals surface area (Å²) in [6.45, 7) is 7.16. The molecule has 30 heavy (non-hydrogen) atoms. The minimum Gasteiger partial charge on any atom is -0.423 e. The van der Waals surface area contributed by atoms with E-state index >= 15 is 0 Å². The molecule has 8 nitrogen and oxygen atoms in total. The number of nitrogens with zero attached hydrogens (tertiary/aromatic N) is 2. The third-order valence-electron chi connectivity index (χ3n) is 4.95. The summed E-state index contributed by atoms with van der Waals surface area (Å²) in [6, 6.07) is 14.0. The van der Waals surface area contributed by atoms with Gasteiger partial charge in [0.15, 0.2) is 5.76 Å². The molecule has 1 saturated heterocycles. The van der Waals surface area contributed by atoms with Crippen LogP contribution in [0, 0.1) is 6.92 Å². The number of carbonyl (C=O) groups excluding carboxylic acids is 1. The third-order valence-corrected chi connectivity index (χ3v) is 4.95. The lowest BCUT2D eigenvalue weighted by molar-refractivity contribution is 0.134. The van der Waals surface area contributed by atoms with E-state index in [1.54, 1.807) is 11.1 Å². The molecule has 4 rings (SSSR count). The van der Waals surface area contributed by atoms with Crippen molar-refractivity contribution in [2.75, 3.05) is 16.8 Å². The number of ether oxygens (including phenoxy) is 1. The zero-order valence-electron chi connectivity index (χ0n) is 17.2. The van der Waals surface area contributed by atoms with Crippen LogP contribution in [0.4, 0.5) is 22.2 Å². The van der Waals surface area contributed by atoms with E-state index in [0.717, 1.165) is 28.1 Å². The lowest BCUT2D eigenvalue weighted by Crippen LogP contribution is -2.34. The van der Waals surface area contributed by atoms with Gasteiger partial charge >= 0.3 is 6.03 Å². The van der Waals surface area contributed by atoms with E-state index < -0.39 is 0 Å². The van der Waals surface area contributed by atoms with Crippen molar-refractivity contribution in [3.63, 3.8) is 0 Å². The average Bonchev–Trinajstić information content (AvgIpc) is 3.35. The zero-order valence-corrected chi connectivity index (χ0v) is 17.2. The number of urea groups is 1. The highest BCUT2D eigenvalue weighted by Gasteiger charge is 2.28. The molecule has 1 aliphatic heterocycles. The molecule has 156 valence electrons. The maximum atomic E-state index is 11.9. The van der Waals surface area contributed by atoms with Gasteiger partial charge in [0.1, 0.15) is 6.17 Å². The number of hydrogen-bond donors (Lipinski definition) is 3. The van der Waals surface area contributed by atoms with Crippen molar-refractivity contribution in [3.8, 4) is 11.3 Å². The van der Waals surface area contributed by atoms with E-state index in [-0.39, 0.29) is 12.2 Å². The highest BCUT2D eigenvalue weighted by atomic mass is 16.5. The van der Waals surface area contributed by atoms with Crippen molar-refractivity contribution >= 4 is 23.4 Å². The lowest BCUT2D eigenvalue weighted by Gasteiger charge is -2.18. The first-order valence-corrected chi connectivity index (χ1v) is 9.90. The number of aryl methyl sites for hydroxylation is 1. The number of rotatable bonds is 7. The highest BCUT2D eigenvalue weighted by molar-refractivity contribution is 5.94. The van der Waals surface area contributed by atoms with Gasteiger partial charge in [0.25, 0.3) is 6.01 Å². The molecule has 1 unspecified atom stereocenters. The van der Waals surface area contributed by atoms with Crippen molar-refractivity contribution in [2.24, 2.45) is 0 Å². The molecule has 3 aromatic rings. The van der Waals surface area contributed by atoms with E-state index in [1.165, 1.54) is 0 Å². The van der Waals surface area contributed by atoms with Crippen LogP contribution >= 0.6 is 0 Å². The van der Waals surface area contributed by atoms with Crippen LogP contribution in [0.15, 0.2) is 53.1 Å². The molecular weight excluding hydrogens is 382 g/mol. The molecule has 1 atom stereocenters. The van der Waals surface area contributed by atoms with Crippen LogP contribution in [0.25, 0.3) is 11.3 Å². The largest absolute Gasteiger partial charge is 0.423 e. The predicted octanol–water partition coefficient (Wildman–Crippen LogP) is 4.31. The van der Waals surface area contributed by atoms with Crippen LogP contribution in [-0.4, -0.2) is 23.8 Å². The Morgan fingerprint density at radius 1 is 1.23 bits per heavy atom. The third kappa shape index (κ3) is 4.14. The quantitative estimate of drug-likeness (QED) is 0.541. The molecule has 2 heterocycles. The van der Waals surface area contributed by atoms with Gasteiger partial charge in [-0.3, -0.25) is 10.3 Å². The second-order valence-corrected chi connectivity index (χ2v) is 7.11. The Labute approximate surface area is 175 Å². The summed E-state index contributed by atoms with van der Waals surface area (Å²) in [5.74, 6) is 0.643. The van der Waals surface area contributed by atoms with Gasteiger partial charge in [-0.1, -0.05) is 12.1 Å². The molecule has 0 bridgehead atoms. The van der Waals surface area contributed by atoms with Gasteiger partial charge < -0.3 is 14.5 Å². The van der Waals surface area contributed by atoms with Gasteiger partial charge in [0.05, 0.1) is 12.8 Å². The van der Waals surface area contributed by atoms with Crippen molar-refractivity contribution < 1.29 is 13.9 Å². The number of hydrazine groups is 1. The first-order valence-electron chi connectivity index (χ1n) is 9.90. The van der Waals surface area contributed by atoms with E-state index in [9.17, 15) is 4.79 Å². The summed E-state index contributed by atoms with van der Waals surface area (Å²) >= 11 is 0. The second kappa shape index (κ2) is 8.56. The van der Waals surface area contributed by atoms with Crippen molar-refractivity contribution in [1.82, 2.24) is 15.8 Å². The molecule has 1 aromatic heterocycles. The number of aromatic nitrogens is 1. The molecule has 0 radical (unpaired) electrons. The van der Waals surface area contributed by atoms with Crippen LogP contribution < -0.4 is 21.1 Å². The number of carbonyl (C=O) groups is 1. The monoisotopic (exact) mass is 407 g/mol. The number of amides is 2. The Bertz CT molecular complexity index is 1030. The van der Waals surface area contributed by atoms with E-state index in [2.05, 4.69) is 27.2 Å². The standard InChI is InChI=1S/C22H25N5O3/c1-4-29-13-16-6-5-14(2)19(11-16)24-21-23-12-20(30-21)17-7-9-18(10-8-17)27-15(3)25-26-22(27)28/h5-12,15,25H,4,13H2,1-3H3,(H,23,24)(H,26,28). The zero-order chi connectivity index (χ0) is 21.1. The minimum absolute atomic E-state index is 0.119. The molecule has 1 fully saturated rings. The van der Waals surface area contributed by atoms with Crippen LogP contribution in [-0.2, 0) is 11.3 Å². The maximum absolute atomic E-state index is 11.9. The lowest BCUT2D eigenvalue weighted by atomic mass is 10.1. The second-order valence-electron chi connectivity index (χ2n) is 7.11. The predicted molar refractivity (Wildman–Crippen MR) is 115 cm³/mol. The Hall–Kier alpha value is -3.36. The SMILES string of the molecule is CCOCc1ccc(C)c(Nc2ncc(-c3ccc(N4C(=O)NNC4C)cc3)o2)c1. The molecule has 0 aliphatic carbocycles. The minimum atomic E-state index is -0.177. The normalized spacial score (nSPS) is 16.0. The molecule has 2 amide bonds. The number of oxazole rings is 1. The van der Waals surface area contributed by atoms with Gasteiger partial charge in [-0.25, -0.2) is 15.2 Å². The highest BCUT2D eigenvalue weighted by Crippen LogP contribution is 2.28. The summed E-state index contributed by atoms with van der Waals surface area (Å²) < 4.78 is 11.4. The smallest absolute Gasteiger partial charge is 0.337 e. The molecule has 8 heteroatoms. The molecule has 0 spiro atoms. The van der Waals surface area contributed by atoms with Crippen LogP contribution in [0.1, 0.15) is 25.0 Å². The van der Waals surface area contributed by atoms with Crippen LogP contribution in [0.3, 0.4) is 0 Å². The summed E-state index contributed by atoms with van der Waals surface area (Å²) in [7, 11) is 0. The Morgan fingerprint density at radius 3 is 2.73 bits per heavy atom. The summed E-state index contributed by atoms with van der Waals surface area (Å²) in [5, 5.41) is 3.24. The van der Waals surface area contributed by atoms with E-state index in [1.807, 2.05) is 57.2 Å². The average molecular weight is 407 g/mol. The molecule has 0 saturated carbocycles. The number of nitrogens with one attached hydrogen (secondary N) is 3. The fourth-order valence-electron chi connectivity index (χ4n) is 3.29. The topological polar surface area (TPSA) is 91.7 Å². The Morgan fingerprint density at radius 2 is 2.03 bits per heavy atom. The van der Waals surface area contributed by atoms with E-state index in [0.29, 0.717) is 25.0 Å². The van der Waals surface area contributed by atoms with Gasteiger partial charge in [0.2, 0.25) is 0 Å². The summed E-state index contributed by atoms with van der Waals surface area (Å²) in [6.07, 6.45) is 1.56. The molecule has 2 aromatic carbocycles. The number of benzene rings is 2.